The molecule has 544 valence electrons. The Kier molecular flexibility index (Phi) is 34.3. The summed E-state index contributed by atoms with van der Waals surface area (Å²) in [7, 11) is 0. The molecule has 0 fully saturated rings. The molecule has 4 N–H and O–H groups in total. The van der Waals surface area contributed by atoms with Gasteiger partial charge in [-0.3, -0.25) is 0 Å². The molecule has 28 nitrogen and oxygen atoms in total. The third-order valence-electron chi connectivity index (χ3n) is 13.3. The van der Waals surface area contributed by atoms with Gasteiger partial charge in [0, 0.05) is 22.3 Å². The molecule has 104 heavy (non-hydrogen) atoms. The number of amides is 4. The van der Waals surface area contributed by atoms with Gasteiger partial charge in [0.1, 0.15) is 26.4 Å². The van der Waals surface area contributed by atoms with Gasteiger partial charge in [0.2, 0.25) is 27.2 Å². The van der Waals surface area contributed by atoms with Crippen LogP contribution >= 0.6 is 0 Å². The van der Waals surface area contributed by atoms with E-state index >= 15 is 0 Å². The summed E-state index contributed by atoms with van der Waals surface area (Å²) in [6, 6.07) is 51.0. The summed E-state index contributed by atoms with van der Waals surface area (Å²) in [6.07, 6.45) is -3.16. The predicted octanol–water partition coefficient (Wildman–Crippen LogP) is 11.2. The lowest BCUT2D eigenvalue weighted by Gasteiger charge is -2.08. The zero-order chi connectivity index (χ0) is 75.8. The highest BCUT2D eigenvalue weighted by molar-refractivity contribution is 5.98. The molecule has 0 spiro atoms. The number of hydrogen-bond donors (Lipinski definition) is 4. The highest BCUT2D eigenvalue weighted by Gasteiger charge is 2.16. The van der Waals surface area contributed by atoms with Crippen LogP contribution in [0.1, 0.15) is 69.1 Å². The van der Waals surface area contributed by atoms with Crippen molar-refractivity contribution >= 4 is 115 Å². The van der Waals surface area contributed by atoms with E-state index in [-0.39, 0.29) is 74.9 Å². The monoisotopic (exact) mass is 1430 g/mol. The quantitative estimate of drug-likeness (QED) is 0.0116. The number of alkyl carbamates (subject to hydrolysis) is 4. The van der Waals surface area contributed by atoms with E-state index in [1.807, 2.05) is 121 Å². The van der Waals surface area contributed by atoms with Crippen LogP contribution in [0.25, 0.3) is 43.1 Å². The van der Waals surface area contributed by atoms with Crippen molar-refractivity contribution in [3.8, 4) is 0 Å². The van der Waals surface area contributed by atoms with Crippen molar-refractivity contribution < 1.29 is 114 Å². The van der Waals surface area contributed by atoms with Gasteiger partial charge < -0.3 is 78.1 Å². The first kappa shape index (κ1) is 81.3. The Bertz CT molecular complexity index is 3880. The standard InChI is InChI=1S/4C19H19NO6/c4*1-13(2)17(21)24-10-9-20-19(23)26-12-25-18(22)16-8-7-14-5-3-4-6-15(14)11-16/h4*3-8,11H,1,9-10,12H2,2H3,(H,20,23). The molecule has 0 heterocycles. The lowest BCUT2D eigenvalue weighted by Crippen LogP contribution is -2.29. The first-order valence-corrected chi connectivity index (χ1v) is 31.5. The number of rotatable bonds is 28. The summed E-state index contributed by atoms with van der Waals surface area (Å²) in [6.45, 7) is 17.9. The van der Waals surface area contributed by atoms with Crippen molar-refractivity contribution in [1.29, 1.82) is 0 Å². The number of carbonyl (C=O) groups excluding carboxylic acids is 12. The van der Waals surface area contributed by atoms with Crippen LogP contribution in [0.15, 0.2) is 218 Å². The van der Waals surface area contributed by atoms with Gasteiger partial charge in [-0.1, -0.05) is 148 Å². The molecule has 0 aliphatic carbocycles. The number of ether oxygens (including phenoxy) is 12. The maximum absolute atomic E-state index is 12.0. The van der Waals surface area contributed by atoms with Gasteiger partial charge >= 0.3 is 72.1 Å². The fourth-order valence-corrected chi connectivity index (χ4v) is 8.03. The first-order valence-electron chi connectivity index (χ1n) is 31.5. The smallest absolute Gasteiger partial charge is 0.410 e. The van der Waals surface area contributed by atoms with Crippen molar-refractivity contribution in [1.82, 2.24) is 21.3 Å². The topological polar surface area (TPSA) is 364 Å². The maximum atomic E-state index is 12.0. The predicted molar refractivity (Wildman–Crippen MR) is 378 cm³/mol. The van der Waals surface area contributed by atoms with Crippen LogP contribution in [0.4, 0.5) is 19.2 Å². The van der Waals surface area contributed by atoms with Crippen LogP contribution in [0.5, 0.6) is 0 Å². The van der Waals surface area contributed by atoms with E-state index < -0.39 is 99.3 Å². The van der Waals surface area contributed by atoms with Crippen molar-refractivity contribution in [3.05, 3.63) is 241 Å². The lowest BCUT2D eigenvalue weighted by molar-refractivity contribution is -0.139. The minimum absolute atomic E-state index is 0.0162. The SMILES string of the molecule is C=C(C)C(=O)OCCNC(=O)OCOC(=O)c1ccc2ccccc2c1.C=C(C)C(=O)OCCNC(=O)OCOC(=O)c1ccc2ccccc2c1.C=C(C)C(=O)OCCNC(=O)OCOC(=O)c1ccc2ccccc2c1.C=C(C)C(=O)OCCNC(=O)OCOC(=O)c1ccc2ccccc2c1. The normalized spacial score (nSPS) is 10.0. The van der Waals surface area contributed by atoms with Crippen LogP contribution < -0.4 is 21.3 Å². The molecule has 8 aromatic rings. The Morgan fingerprint density at radius 1 is 0.250 bits per heavy atom. The number of fused-ring (bicyclic) bond motifs is 4. The second kappa shape index (κ2) is 43.9. The molecule has 0 aliphatic heterocycles. The van der Waals surface area contributed by atoms with Gasteiger partial charge in [0.15, 0.2) is 0 Å². The highest BCUT2D eigenvalue weighted by atomic mass is 16.7. The molecule has 28 heteroatoms. The van der Waals surface area contributed by atoms with Crippen LogP contribution in [0.3, 0.4) is 0 Å². The van der Waals surface area contributed by atoms with Crippen LogP contribution in [-0.4, -0.2) is 152 Å². The summed E-state index contributed by atoms with van der Waals surface area (Å²) in [5.41, 5.74) is 2.53. The van der Waals surface area contributed by atoms with Crippen molar-refractivity contribution in [2.45, 2.75) is 27.7 Å². The fourth-order valence-electron chi connectivity index (χ4n) is 8.03. The van der Waals surface area contributed by atoms with Crippen molar-refractivity contribution in [3.63, 3.8) is 0 Å². The second-order valence-corrected chi connectivity index (χ2v) is 21.5. The summed E-state index contributed by atoms with van der Waals surface area (Å²) >= 11 is 0. The van der Waals surface area contributed by atoms with Gasteiger partial charge in [-0.15, -0.1) is 0 Å². The Hall–Kier alpha value is -13.4. The number of nitrogens with one attached hydrogen (secondary N) is 4. The molecule has 0 radical (unpaired) electrons. The van der Waals surface area contributed by atoms with E-state index in [2.05, 4.69) is 47.6 Å². The molecule has 8 rings (SSSR count). The molecule has 0 saturated heterocycles. The van der Waals surface area contributed by atoms with E-state index in [0.29, 0.717) is 22.3 Å². The minimum atomic E-state index is -0.789. The van der Waals surface area contributed by atoms with Crippen molar-refractivity contribution in [2.24, 2.45) is 0 Å². The van der Waals surface area contributed by atoms with Gasteiger partial charge in [0.25, 0.3) is 0 Å². The summed E-state index contributed by atoms with van der Waals surface area (Å²) < 4.78 is 57.7. The highest BCUT2D eigenvalue weighted by Crippen LogP contribution is 2.20. The Morgan fingerprint density at radius 3 is 0.615 bits per heavy atom. The van der Waals surface area contributed by atoms with Crippen molar-refractivity contribution in [2.75, 3.05) is 79.8 Å². The average Bonchev–Trinajstić information content (AvgIpc) is 0.874. The van der Waals surface area contributed by atoms with E-state index in [4.69, 9.17) is 56.8 Å². The van der Waals surface area contributed by atoms with Crippen LogP contribution in [-0.2, 0) is 76.0 Å². The zero-order valence-corrected chi connectivity index (χ0v) is 57.3. The molecule has 0 aliphatic rings. The Morgan fingerprint density at radius 2 is 0.433 bits per heavy atom. The van der Waals surface area contributed by atoms with Gasteiger partial charge in [-0.05, 0) is 119 Å². The Balaban J connectivity index is 0.000000249. The van der Waals surface area contributed by atoms with Gasteiger partial charge in [-0.2, -0.15) is 0 Å². The number of benzene rings is 8. The van der Waals surface area contributed by atoms with Crippen LogP contribution in [0.2, 0.25) is 0 Å². The molecule has 0 saturated carbocycles. The Labute approximate surface area is 596 Å². The molecule has 0 atom stereocenters. The van der Waals surface area contributed by atoms with E-state index in [1.54, 1.807) is 48.5 Å². The summed E-state index contributed by atoms with van der Waals surface area (Å²) in [5.74, 6) is -4.54. The third kappa shape index (κ3) is 30.0. The minimum Gasteiger partial charge on any atom is -0.460 e. The molecule has 0 bridgehead atoms. The number of esters is 8. The van der Waals surface area contributed by atoms with E-state index in [9.17, 15) is 57.5 Å². The second-order valence-electron chi connectivity index (χ2n) is 21.5. The summed E-state index contributed by atoms with van der Waals surface area (Å²) in [4.78, 5) is 138. The zero-order valence-electron chi connectivity index (χ0n) is 57.3. The number of hydrogen-bond acceptors (Lipinski definition) is 24. The molecular formula is C76H76N4O24. The molecular weight excluding hydrogens is 1350 g/mol. The summed E-state index contributed by atoms with van der Waals surface area (Å²) in [5, 5.41) is 17.1. The first-order chi connectivity index (χ1) is 49.9. The van der Waals surface area contributed by atoms with E-state index in [0.717, 1.165) is 43.1 Å². The third-order valence-corrected chi connectivity index (χ3v) is 13.3. The molecule has 0 unspecified atom stereocenters. The van der Waals surface area contributed by atoms with Gasteiger partial charge in [0.05, 0.1) is 48.4 Å². The number of carbonyl (C=O) groups is 12. The van der Waals surface area contributed by atoms with Crippen LogP contribution in [0, 0.1) is 0 Å². The fraction of sp³-hybridized carbons (Fsp3) is 0.211. The van der Waals surface area contributed by atoms with E-state index in [1.165, 1.54) is 27.7 Å². The van der Waals surface area contributed by atoms with Gasteiger partial charge in [-0.25, -0.2) is 57.5 Å². The molecule has 8 aromatic carbocycles. The average molecular weight is 1430 g/mol. The molecule has 4 amide bonds. The molecule has 0 aromatic heterocycles. The lowest BCUT2D eigenvalue weighted by atomic mass is 10.1. The largest absolute Gasteiger partial charge is 0.460 e. The maximum Gasteiger partial charge on any atom is 0.410 e.